The number of hydrogen-bond donors (Lipinski definition) is 2. The van der Waals surface area contributed by atoms with Gasteiger partial charge in [-0.25, -0.2) is 0 Å². The molecule has 0 spiro atoms. The van der Waals surface area contributed by atoms with Crippen molar-refractivity contribution in [2.75, 3.05) is 51.3 Å². The van der Waals surface area contributed by atoms with E-state index >= 15 is 0 Å². The zero-order valence-electron chi connectivity index (χ0n) is 15.3. The van der Waals surface area contributed by atoms with E-state index in [1.807, 2.05) is 18.8 Å². The Balaban J connectivity index is 0.00000182. The molecule has 0 aromatic carbocycles. The van der Waals surface area contributed by atoms with Crippen molar-refractivity contribution in [3.05, 3.63) is 0 Å². The molecule has 2 heterocycles. The van der Waals surface area contributed by atoms with E-state index in [4.69, 9.17) is 0 Å². The standard InChI is InChI=1S/C18H32N4OS.HI/c1-19-17(20-12-18(23)4-9-24-13-18)22-7-5-21(6-8-22)16-11-14-2-3-15(16)10-14;/h14-16,23H,2-13H2,1H3,(H,19,20);1H. The third-order valence-electron chi connectivity index (χ3n) is 6.65. The van der Waals surface area contributed by atoms with E-state index in [1.165, 1.54) is 25.7 Å². The molecule has 4 aliphatic rings. The maximum atomic E-state index is 10.5. The molecular weight excluding hydrogens is 447 g/mol. The summed E-state index contributed by atoms with van der Waals surface area (Å²) in [5.41, 5.74) is -0.550. The fourth-order valence-corrected chi connectivity index (χ4v) is 6.53. The predicted octanol–water partition coefficient (Wildman–Crippen LogP) is 1.85. The normalized spacial score (nSPS) is 38.9. The highest BCUT2D eigenvalue weighted by molar-refractivity contribution is 14.0. The van der Waals surface area contributed by atoms with Crippen LogP contribution in [-0.2, 0) is 0 Å². The van der Waals surface area contributed by atoms with Crippen LogP contribution in [0.5, 0.6) is 0 Å². The molecule has 0 aromatic heterocycles. The third kappa shape index (κ3) is 4.41. The summed E-state index contributed by atoms with van der Waals surface area (Å²) in [7, 11) is 1.86. The summed E-state index contributed by atoms with van der Waals surface area (Å²) < 4.78 is 0. The molecule has 7 heteroatoms. The van der Waals surface area contributed by atoms with Gasteiger partial charge in [0.25, 0.3) is 0 Å². The summed E-state index contributed by atoms with van der Waals surface area (Å²) in [5, 5.41) is 13.9. The van der Waals surface area contributed by atoms with Crippen molar-refractivity contribution in [1.82, 2.24) is 15.1 Å². The van der Waals surface area contributed by atoms with Crippen molar-refractivity contribution in [2.45, 2.75) is 43.7 Å². The van der Waals surface area contributed by atoms with Gasteiger partial charge in [0.15, 0.2) is 5.96 Å². The molecule has 25 heavy (non-hydrogen) atoms. The largest absolute Gasteiger partial charge is 0.387 e. The minimum atomic E-state index is -0.550. The minimum Gasteiger partial charge on any atom is -0.387 e. The van der Waals surface area contributed by atoms with E-state index in [2.05, 4.69) is 20.1 Å². The second-order valence-electron chi connectivity index (χ2n) is 8.19. The number of halogens is 1. The van der Waals surface area contributed by atoms with Crippen LogP contribution in [0.2, 0.25) is 0 Å². The molecule has 2 aliphatic heterocycles. The van der Waals surface area contributed by atoms with Crippen LogP contribution >= 0.6 is 35.7 Å². The van der Waals surface area contributed by atoms with E-state index in [0.717, 1.165) is 67.9 Å². The van der Waals surface area contributed by atoms with Crippen LogP contribution < -0.4 is 5.32 Å². The summed E-state index contributed by atoms with van der Waals surface area (Å²) in [6.45, 7) is 5.06. The molecule has 2 bridgehead atoms. The lowest BCUT2D eigenvalue weighted by Gasteiger charge is -2.42. The number of nitrogens with zero attached hydrogens (tertiary/aromatic N) is 3. The molecule has 4 fully saturated rings. The highest BCUT2D eigenvalue weighted by Gasteiger charge is 2.43. The first-order valence-electron chi connectivity index (χ1n) is 9.67. The number of piperazine rings is 1. The molecule has 2 saturated carbocycles. The average Bonchev–Trinajstić information content (AvgIpc) is 3.33. The molecule has 4 rings (SSSR count). The molecule has 0 radical (unpaired) electrons. The quantitative estimate of drug-likeness (QED) is 0.367. The fourth-order valence-electron chi connectivity index (χ4n) is 5.24. The summed E-state index contributed by atoms with van der Waals surface area (Å²) in [6, 6.07) is 0.858. The summed E-state index contributed by atoms with van der Waals surface area (Å²) in [4.78, 5) is 9.57. The van der Waals surface area contributed by atoms with E-state index in [1.54, 1.807) is 0 Å². The lowest BCUT2D eigenvalue weighted by Crippen LogP contribution is -2.57. The Labute approximate surface area is 173 Å². The second-order valence-corrected chi connectivity index (χ2v) is 9.30. The highest BCUT2D eigenvalue weighted by Crippen LogP contribution is 2.46. The Morgan fingerprint density at radius 2 is 2.04 bits per heavy atom. The topological polar surface area (TPSA) is 51.1 Å². The van der Waals surface area contributed by atoms with E-state index in [-0.39, 0.29) is 24.0 Å². The van der Waals surface area contributed by atoms with E-state index in [9.17, 15) is 5.11 Å². The summed E-state index contributed by atoms with van der Waals surface area (Å²) in [6.07, 6.45) is 6.78. The smallest absolute Gasteiger partial charge is 0.193 e. The molecule has 4 atom stereocenters. The minimum absolute atomic E-state index is 0. The predicted molar refractivity (Wildman–Crippen MR) is 116 cm³/mol. The maximum absolute atomic E-state index is 10.5. The SMILES string of the molecule is CN=C(NCC1(O)CCSC1)N1CCN(C2CC3CCC2C3)CC1.I. The van der Waals surface area contributed by atoms with Gasteiger partial charge in [0, 0.05) is 51.6 Å². The molecule has 2 saturated heterocycles. The number of aliphatic imine (C=N–C) groups is 1. The van der Waals surface area contributed by atoms with Gasteiger partial charge in [-0.1, -0.05) is 6.42 Å². The van der Waals surface area contributed by atoms with Crippen LogP contribution in [0.3, 0.4) is 0 Å². The monoisotopic (exact) mass is 480 g/mol. The second kappa shape index (κ2) is 8.52. The van der Waals surface area contributed by atoms with Crippen molar-refractivity contribution >= 4 is 41.7 Å². The van der Waals surface area contributed by atoms with Crippen LogP contribution in [0.15, 0.2) is 4.99 Å². The van der Waals surface area contributed by atoms with Gasteiger partial charge in [0.2, 0.25) is 0 Å². The molecule has 144 valence electrons. The van der Waals surface area contributed by atoms with Crippen LogP contribution in [0, 0.1) is 11.8 Å². The lowest BCUT2D eigenvalue weighted by molar-refractivity contribution is 0.0695. The number of guanidine groups is 1. The number of hydrogen-bond acceptors (Lipinski definition) is 4. The molecule has 2 aliphatic carbocycles. The van der Waals surface area contributed by atoms with Gasteiger partial charge in [0.05, 0.1) is 5.60 Å². The summed E-state index contributed by atoms with van der Waals surface area (Å²) in [5.74, 6) is 4.88. The van der Waals surface area contributed by atoms with Crippen LogP contribution in [0.25, 0.3) is 0 Å². The van der Waals surface area contributed by atoms with Gasteiger partial charge in [-0.05, 0) is 43.3 Å². The van der Waals surface area contributed by atoms with Crippen LogP contribution in [-0.4, -0.2) is 83.8 Å². The number of nitrogens with one attached hydrogen (secondary N) is 1. The van der Waals surface area contributed by atoms with Gasteiger partial charge in [-0.3, -0.25) is 9.89 Å². The van der Waals surface area contributed by atoms with Crippen LogP contribution in [0.4, 0.5) is 0 Å². The fraction of sp³-hybridized carbons (Fsp3) is 0.944. The number of aliphatic hydroxyl groups is 1. The Kier molecular flexibility index (Phi) is 6.82. The first-order chi connectivity index (χ1) is 11.7. The van der Waals surface area contributed by atoms with Crippen molar-refractivity contribution in [3.63, 3.8) is 0 Å². The Bertz CT molecular complexity index is 478. The maximum Gasteiger partial charge on any atom is 0.193 e. The van der Waals surface area contributed by atoms with E-state index in [0.29, 0.717) is 6.54 Å². The number of fused-ring (bicyclic) bond motifs is 2. The van der Waals surface area contributed by atoms with Gasteiger partial charge in [-0.2, -0.15) is 11.8 Å². The zero-order valence-corrected chi connectivity index (χ0v) is 18.5. The molecule has 0 amide bonds. The molecule has 0 aromatic rings. The first-order valence-corrected chi connectivity index (χ1v) is 10.8. The molecule has 5 nitrogen and oxygen atoms in total. The van der Waals surface area contributed by atoms with Gasteiger partial charge >= 0.3 is 0 Å². The van der Waals surface area contributed by atoms with Crippen LogP contribution in [0.1, 0.15) is 32.1 Å². The zero-order chi connectivity index (χ0) is 16.6. The molecular formula is C18H33IN4OS. The molecule has 2 N–H and O–H groups in total. The average molecular weight is 480 g/mol. The van der Waals surface area contributed by atoms with Crippen molar-refractivity contribution in [2.24, 2.45) is 16.8 Å². The van der Waals surface area contributed by atoms with Crippen molar-refractivity contribution < 1.29 is 5.11 Å². The number of thioether (sulfide) groups is 1. The Hall–Kier alpha value is 0.270. The molecule has 4 unspecified atom stereocenters. The van der Waals surface area contributed by atoms with E-state index < -0.39 is 5.60 Å². The van der Waals surface area contributed by atoms with Gasteiger partial charge in [-0.15, -0.1) is 24.0 Å². The Morgan fingerprint density at radius 1 is 1.24 bits per heavy atom. The number of rotatable bonds is 3. The Morgan fingerprint density at radius 3 is 2.60 bits per heavy atom. The van der Waals surface area contributed by atoms with Gasteiger partial charge in [0.1, 0.15) is 0 Å². The van der Waals surface area contributed by atoms with Crippen molar-refractivity contribution in [3.8, 4) is 0 Å². The third-order valence-corrected chi connectivity index (χ3v) is 7.89. The lowest BCUT2D eigenvalue weighted by atomic mass is 9.93. The first kappa shape index (κ1) is 20.0. The summed E-state index contributed by atoms with van der Waals surface area (Å²) >= 11 is 1.85. The van der Waals surface area contributed by atoms with Crippen molar-refractivity contribution in [1.29, 1.82) is 0 Å². The van der Waals surface area contributed by atoms with Gasteiger partial charge < -0.3 is 15.3 Å². The highest BCUT2D eigenvalue weighted by atomic mass is 127.